The highest BCUT2D eigenvalue weighted by atomic mass is 16.2. The minimum Gasteiger partial charge on any atom is -0.330 e. The molecule has 4 amide bonds. The van der Waals surface area contributed by atoms with Crippen LogP contribution in [0, 0.1) is 5.41 Å². The first-order valence-electron chi connectivity index (χ1n) is 9.66. The minimum atomic E-state index is -0.937. The largest absolute Gasteiger partial charge is 0.330 e. The number of benzene rings is 1. The monoisotopic (exact) mass is 382 g/mol. The van der Waals surface area contributed by atoms with Gasteiger partial charge in [0, 0.05) is 18.5 Å². The van der Waals surface area contributed by atoms with Crippen LogP contribution < -0.4 is 16.4 Å². The second-order valence-electron chi connectivity index (χ2n) is 8.66. The Kier molecular flexibility index (Phi) is 3.57. The second-order valence-corrected chi connectivity index (χ2v) is 8.66. The Morgan fingerprint density at radius 3 is 2.57 bits per heavy atom. The first-order valence-corrected chi connectivity index (χ1v) is 9.66. The molecule has 8 heteroatoms. The van der Waals surface area contributed by atoms with Crippen molar-refractivity contribution in [2.24, 2.45) is 11.1 Å². The predicted molar refractivity (Wildman–Crippen MR) is 98.0 cm³/mol. The lowest BCUT2D eigenvalue weighted by Crippen LogP contribution is -2.75. The lowest BCUT2D eigenvalue weighted by molar-refractivity contribution is -0.147. The third kappa shape index (κ3) is 2.31. The van der Waals surface area contributed by atoms with Crippen molar-refractivity contribution < 1.29 is 19.2 Å². The maximum Gasteiger partial charge on any atom is 0.262 e. The molecular formula is C20H22N4O4. The van der Waals surface area contributed by atoms with E-state index >= 15 is 0 Å². The van der Waals surface area contributed by atoms with Crippen LogP contribution in [0.3, 0.4) is 0 Å². The molecule has 1 saturated heterocycles. The summed E-state index contributed by atoms with van der Waals surface area (Å²) in [5, 5.41) is 5.77. The van der Waals surface area contributed by atoms with Crippen molar-refractivity contribution in [1.29, 1.82) is 0 Å². The summed E-state index contributed by atoms with van der Waals surface area (Å²) in [6.07, 6.45) is 3.44. The second kappa shape index (κ2) is 5.71. The molecular weight excluding hydrogens is 360 g/mol. The zero-order chi connectivity index (χ0) is 19.7. The van der Waals surface area contributed by atoms with Crippen LogP contribution >= 0.6 is 0 Å². The molecule has 28 heavy (non-hydrogen) atoms. The number of piperidine rings is 1. The Labute approximate surface area is 161 Å². The number of nitrogens with zero attached hydrogens (tertiary/aromatic N) is 1. The molecule has 0 spiro atoms. The SMILES string of the molecule is NCC12CC(NCc3cccc4c3C(=O)N(C3CCC(=O)NC3=O)C4=O)(C1)C2. The third-order valence-electron chi connectivity index (χ3n) is 6.78. The van der Waals surface area contributed by atoms with Crippen molar-refractivity contribution >= 4 is 23.6 Å². The van der Waals surface area contributed by atoms with Crippen LogP contribution in [0.2, 0.25) is 0 Å². The van der Waals surface area contributed by atoms with Gasteiger partial charge in [-0.05, 0) is 49.3 Å². The van der Waals surface area contributed by atoms with Crippen molar-refractivity contribution in [2.75, 3.05) is 6.54 Å². The smallest absolute Gasteiger partial charge is 0.262 e. The van der Waals surface area contributed by atoms with Crippen molar-refractivity contribution in [3.05, 3.63) is 34.9 Å². The molecule has 6 rings (SSSR count). The van der Waals surface area contributed by atoms with E-state index in [0.717, 1.165) is 29.7 Å². The molecule has 1 unspecified atom stereocenters. The van der Waals surface area contributed by atoms with E-state index in [1.54, 1.807) is 12.1 Å². The molecule has 0 radical (unpaired) electrons. The summed E-state index contributed by atoms with van der Waals surface area (Å²) in [6, 6.07) is 4.29. The number of nitrogens with one attached hydrogen (secondary N) is 2. The first kappa shape index (κ1) is 17.5. The fraction of sp³-hybridized carbons (Fsp3) is 0.500. The number of carbonyl (C=O) groups excluding carboxylic acids is 4. The van der Waals surface area contributed by atoms with E-state index < -0.39 is 23.8 Å². The van der Waals surface area contributed by atoms with Crippen molar-refractivity contribution in [2.45, 2.75) is 50.2 Å². The number of imide groups is 2. The van der Waals surface area contributed by atoms with E-state index in [0.29, 0.717) is 29.6 Å². The normalized spacial score (nSPS) is 33.3. The van der Waals surface area contributed by atoms with Gasteiger partial charge in [0.25, 0.3) is 11.8 Å². The number of rotatable bonds is 5. The average Bonchev–Trinajstić information content (AvgIpc) is 2.85. The quantitative estimate of drug-likeness (QED) is 0.619. The molecule has 4 fully saturated rings. The molecule has 2 heterocycles. The molecule has 2 aliphatic heterocycles. The molecule has 1 aromatic carbocycles. The molecule has 5 aliphatic rings. The van der Waals surface area contributed by atoms with Crippen LogP contribution in [0.25, 0.3) is 0 Å². The average molecular weight is 382 g/mol. The van der Waals surface area contributed by atoms with Crippen LogP contribution in [0.4, 0.5) is 0 Å². The van der Waals surface area contributed by atoms with Gasteiger partial charge in [-0.3, -0.25) is 29.4 Å². The molecule has 146 valence electrons. The van der Waals surface area contributed by atoms with Crippen LogP contribution in [0.5, 0.6) is 0 Å². The number of amides is 4. The Morgan fingerprint density at radius 2 is 1.89 bits per heavy atom. The number of hydrogen-bond acceptors (Lipinski definition) is 6. The Bertz CT molecular complexity index is 920. The Hall–Kier alpha value is -2.58. The van der Waals surface area contributed by atoms with Crippen LogP contribution in [0.15, 0.2) is 18.2 Å². The van der Waals surface area contributed by atoms with Crippen LogP contribution in [-0.2, 0) is 16.1 Å². The van der Waals surface area contributed by atoms with Gasteiger partial charge in [-0.2, -0.15) is 0 Å². The van der Waals surface area contributed by atoms with E-state index in [1.165, 1.54) is 0 Å². The minimum absolute atomic E-state index is 0.108. The lowest BCUT2D eigenvalue weighted by Gasteiger charge is -2.71. The molecule has 2 bridgehead atoms. The summed E-state index contributed by atoms with van der Waals surface area (Å²) in [4.78, 5) is 50.5. The van der Waals surface area contributed by atoms with Gasteiger partial charge in [0.15, 0.2) is 0 Å². The van der Waals surface area contributed by atoms with E-state index in [4.69, 9.17) is 5.73 Å². The maximum absolute atomic E-state index is 13.1. The van der Waals surface area contributed by atoms with E-state index in [9.17, 15) is 19.2 Å². The Morgan fingerprint density at radius 1 is 1.14 bits per heavy atom. The van der Waals surface area contributed by atoms with E-state index in [1.807, 2.05) is 6.07 Å². The topological polar surface area (TPSA) is 122 Å². The molecule has 3 saturated carbocycles. The molecule has 0 aromatic heterocycles. The molecule has 8 nitrogen and oxygen atoms in total. The summed E-state index contributed by atoms with van der Waals surface area (Å²) in [7, 11) is 0. The van der Waals surface area contributed by atoms with Gasteiger partial charge in [0.1, 0.15) is 6.04 Å². The summed E-state index contributed by atoms with van der Waals surface area (Å²) in [5.41, 5.74) is 7.68. The van der Waals surface area contributed by atoms with Gasteiger partial charge in [-0.1, -0.05) is 12.1 Å². The number of hydrogen-bond donors (Lipinski definition) is 3. The highest BCUT2D eigenvalue weighted by Crippen LogP contribution is 2.66. The third-order valence-corrected chi connectivity index (χ3v) is 6.78. The highest BCUT2D eigenvalue weighted by molar-refractivity contribution is 6.24. The molecule has 4 N–H and O–H groups in total. The predicted octanol–water partition coefficient (Wildman–Crippen LogP) is 0.0588. The zero-order valence-electron chi connectivity index (χ0n) is 15.4. The van der Waals surface area contributed by atoms with Gasteiger partial charge in [0.05, 0.1) is 11.1 Å². The lowest BCUT2D eigenvalue weighted by atomic mass is 9.39. The fourth-order valence-corrected chi connectivity index (χ4v) is 5.42. The highest BCUT2D eigenvalue weighted by Gasteiger charge is 2.66. The summed E-state index contributed by atoms with van der Waals surface area (Å²) >= 11 is 0. The van der Waals surface area contributed by atoms with Gasteiger partial charge in [-0.15, -0.1) is 0 Å². The number of carbonyl (C=O) groups is 4. The zero-order valence-corrected chi connectivity index (χ0v) is 15.4. The van der Waals surface area contributed by atoms with E-state index in [-0.39, 0.29) is 24.3 Å². The molecule has 1 atom stereocenters. The van der Waals surface area contributed by atoms with Crippen molar-refractivity contribution in [3.8, 4) is 0 Å². The van der Waals surface area contributed by atoms with Crippen molar-refractivity contribution in [3.63, 3.8) is 0 Å². The van der Waals surface area contributed by atoms with Crippen molar-refractivity contribution in [1.82, 2.24) is 15.5 Å². The molecule has 3 aliphatic carbocycles. The van der Waals surface area contributed by atoms with Gasteiger partial charge in [0.2, 0.25) is 11.8 Å². The first-order chi connectivity index (χ1) is 13.4. The fourth-order valence-electron chi connectivity index (χ4n) is 5.42. The number of fused-ring (bicyclic) bond motifs is 1. The maximum atomic E-state index is 13.1. The Balaban J connectivity index is 1.36. The summed E-state index contributed by atoms with van der Waals surface area (Å²) in [6.45, 7) is 1.21. The summed E-state index contributed by atoms with van der Waals surface area (Å²) in [5.74, 6) is -1.89. The van der Waals surface area contributed by atoms with Crippen LogP contribution in [0.1, 0.15) is 58.4 Å². The standard InChI is InChI=1S/C20H22N4O4/c21-10-19-7-20(8-19,9-19)22-6-11-2-1-3-12-15(11)18(28)24(17(12)27)13-4-5-14(25)23-16(13)26/h1-3,13,22H,4-10,21H2,(H,23,25,26). The number of nitrogens with two attached hydrogens (primary N) is 1. The van der Waals surface area contributed by atoms with Gasteiger partial charge < -0.3 is 11.1 Å². The molecule has 1 aromatic rings. The van der Waals surface area contributed by atoms with Crippen LogP contribution in [-0.4, -0.2) is 46.7 Å². The van der Waals surface area contributed by atoms with Gasteiger partial charge >= 0.3 is 0 Å². The van der Waals surface area contributed by atoms with Gasteiger partial charge in [-0.25, -0.2) is 0 Å². The van der Waals surface area contributed by atoms with E-state index in [2.05, 4.69) is 10.6 Å². The summed E-state index contributed by atoms with van der Waals surface area (Å²) < 4.78 is 0.